The van der Waals surface area contributed by atoms with Crippen LogP contribution in [0.4, 0.5) is 0 Å². The molecule has 3 nitrogen and oxygen atoms in total. The van der Waals surface area contributed by atoms with Crippen LogP contribution in [0.1, 0.15) is 78.1 Å². The lowest BCUT2D eigenvalue weighted by Gasteiger charge is -2.02. The van der Waals surface area contributed by atoms with Gasteiger partial charge in [-0.2, -0.15) is 0 Å². The highest BCUT2D eigenvalue weighted by Crippen LogP contribution is 2.27. The van der Waals surface area contributed by atoms with E-state index >= 15 is 0 Å². The Hall–Kier alpha value is -1.12. The maximum atomic E-state index is 11.6. The quantitative estimate of drug-likeness (QED) is 0.336. The zero-order valence-corrected chi connectivity index (χ0v) is 12.3. The fourth-order valence-corrected chi connectivity index (χ4v) is 2.42. The topological polar surface area (TPSA) is 43.4 Å². The van der Waals surface area contributed by atoms with E-state index in [4.69, 9.17) is 4.74 Å². The summed E-state index contributed by atoms with van der Waals surface area (Å²) in [6, 6.07) is 0. The van der Waals surface area contributed by atoms with E-state index in [2.05, 4.69) is 13.8 Å². The zero-order chi connectivity index (χ0) is 14.1. The first kappa shape index (κ1) is 15.9. The smallest absolute Gasteiger partial charge is 0.342 e. The molecule has 0 unspecified atom stereocenters. The van der Waals surface area contributed by atoms with Crippen molar-refractivity contribution in [1.82, 2.24) is 0 Å². The van der Waals surface area contributed by atoms with Gasteiger partial charge in [0, 0.05) is 11.1 Å². The van der Waals surface area contributed by atoms with Crippen molar-refractivity contribution in [2.45, 2.75) is 78.1 Å². The maximum absolute atomic E-state index is 11.6. The van der Waals surface area contributed by atoms with Crippen LogP contribution in [-0.2, 0) is 14.3 Å². The number of rotatable bonds is 10. The molecular formula is C16H26O3. The van der Waals surface area contributed by atoms with Gasteiger partial charge in [0.15, 0.2) is 0 Å². The average Bonchev–Trinajstić information content (AvgIpc) is 2.65. The standard InChI is InChI=1S/C16H26O3/c1-3-5-7-9-11-13-14(12-10-8-6-4-2)16(18)19-15(13)17/h3-12H2,1-2H3. The van der Waals surface area contributed by atoms with E-state index in [1.807, 2.05) is 0 Å². The number of unbranched alkanes of at least 4 members (excludes halogenated alkanes) is 6. The molecule has 1 heterocycles. The van der Waals surface area contributed by atoms with E-state index in [0.29, 0.717) is 24.0 Å². The van der Waals surface area contributed by atoms with Gasteiger partial charge in [0.1, 0.15) is 0 Å². The Labute approximate surface area is 116 Å². The minimum absolute atomic E-state index is 0.396. The van der Waals surface area contributed by atoms with Gasteiger partial charge in [-0.05, 0) is 25.7 Å². The number of ether oxygens (including phenoxy) is 1. The Bertz CT molecular complexity index is 310. The summed E-state index contributed by atoms with van der Waals surface area (Å²) in [7, 11) is 0. The lowest BCUT2D eigenvalue weighted by Crippen LogP contribution is -2.02. The van der Waals surface area contributed by atoms with Gasteiger partial charge in [-0.3, -0.25) is 0 Å². The molecule has 0 fully saturated rings. The number of carbonyl (C=O) groups excluding carboxylic acids is 2. The zero-order valence-electron chi connectivity index (χ0n) is 12.3. The highest BCUT2D eigenvalue weighted by molar-refractivity contribution is 6.12. The predicted octanol–water partition coefficient (Wildman–Crippen LogP) is 4.31. The number of carbonyl (C=O) groups is 2. The van der Waals surface area contributed by atoms with Crippen LogP contribution < -0.4 is 0 Å². The number of hydrogen-bond donors (Lipinski definition) is 0. The van der Waals surface area contributed by atoms with Crippen molar-refractivity contribution in [1.29, 1.82) is 0 Å². The molecule has 1 aliphatic rings. The predicted molar refractivity (Wildman–Crippen MR) is 75.6 cm³/mol. The minimum Gasteiger partial charge on any atom is -0.386 e. The van der Waals surface area contributed by atoms with Crippen molar-refractivity contribution in [2.24, 2.45) is 0 Å². The van der Waals surface area contributed by atoms with Crippen molar-refractivity contribution in [3.63, 3.8) is 0 Å². The van der Waals surface area contributed by atoms with Gasteiger partial charge in [-0.25, -0.2) is 9.59 Å². The molecule has 0 saturated carbocycles. The first-order chi connectivity index (χ1) is 9.20. The van der Waals surface area contributed by atoms with Crippen molar-refractivity contribution in [2.75, 3.05) is 0 Å². The fourth-order valence-electron chi connectivity index (χ4n) is 2.42. The molecule has 0 aromatic heterocycles. The number of esters is 2. The third kappa shape index (κ3) is 5.17. The Morgan fingerprint density at radius 1 is 0.684 bits per heavy atom. The largest absolute Gasteiger partial charge is 0.386 e. The van der Waals surface area contributed by atoms with Gasteiger partial charge in [-0.1, -0.05) is 52.4 Å². The molecule has 1 aliphatic heterocycles. The summed E-state index contributed by atoms with van der Waals surface area (Å²) in [6.07, 6.45) is 10.3. The fraction of sp³-hybridized carbons (Fsp3) is 0.750. The second-order valence-corrected chi connectivity index (χ2v) is 5.26. The molecule has 0 spiro atoms. The maximum Gasteiger partial charge on any atom is 0.342 e. The van der Waals surface area contributed by atoms with Crippen LogP contribution in [0.2, 0.25) is 0 Å². The molecule has 0 aromatic rings. The molecule has 0 bridgehead atoms. The van der Waals surface area contributed by atoms with E-state index in [0.717, 1.165) is 25.7 Å². The van der Waals surface area contributed by atoms with Crippen LogP contribution in [-0.4, -0.2) is 11.9 Å². The number of cyclic esters (lactones) is 2. The van der Waals surface area contributed by atoms with Gasteiger partial charge in [0.25, 0.3) is 0 Å². The average molecular weight is 266 g/mol. The summed E-state index contributed by atoms with van der Waals surface area (Å²) < 4.78 is 4.75. The summed E-state index contributed by atoms with van der Waals surface area (Å²) in [5, 5.41) is 0. The lowest BCUT2D eigenvalue weighted by atomic mass is 9.98. The Kier molecular flexibility index (Phi) is 7.46. The van der Waals surface area contributed by atoms with Gasteiger partial charge in [-0.15, -0.1) is 0 Å². The molecule has 1 rings (SSSR count). The molecule has 3 heteroatoms. The van der Waals surface area contributed by atoms with Gasteiger partial charge in [0.05, 0.1) is 0 Å². The van der Waals surface area contributed by atoms with Crippen LogP contribution >= 0.6 is 0 Å². The van der Waals surface area contributed by atoms with E-state index in [9.17, 15) is 9.59 Å². The van der Waals surface area contributed by atoms with Gasteiger partial charge < -0.3 is 4.74 Å². The highest BCUT2D eigenvalue weighted by Gasteiger charge is 2.31. The minimum atomic E-state index is -0.396. The second kappa shape index (κ2) is 8.89. The summed E-state index contributed by atoms with van der Waals surface area (Å²) in [5.74, 6) is -0.793. The Morgan fingerprint density at radius 2 is 1.11 bits per heavy atom. The van der Waals surface area contributed by atoms with Gasteiger partial charge >= 0.3 is 11.9 Å². The Morgan fingerprint density at radius 3 is 1.47 bits per heavy atom. The molecule has 0 aliphatic carbocycles. The van der Waals surface area contributed by atoms with E-state index < -0.39 is 11.9 Å². The first-order valence-corrected chi connectivity index (χ1v) is 7.69. The first-order valence-electron chi connectivity index (χ1n) is 7.69. The van der Waals surface area contributed by atoms with E-state index in [1.54, 1.807) is 0 Å². The van der Waals surface area contributed by atoms with Gasteiger partial charge in [0.2, 0.25) is 0 Å². The summed E-state index contributed by atoms with van der Waals surface area (Å²) in [6.45, 7) is 4.32. The lowest BCUT2D eigenvalue weighted by molar-refractivity contribution is -0.151. The van der Waals surface area contributed by atoms with Crippen LogP contribution in [0.25, 0.3) is 0 Å². The van der Waals surface area contributed by atoms with E-state index in [1.165, 1.54) is 25.7 Å². The molecule has 108 valence electrons. The van der Waals surface area contributed by atoms with Crippen LogP contribution in [0.3, 0.4) is 0 Å². The Balaban J connectivity index is 2.49. The van der Waals surface area contributed by atoms with Crippen molar-refractivity contribution < 1.29 is 14.3 Å². The van der Waals surface area contributed by atoms with Crippen LogP contribution in [0, 0.1) is 0 Å². The molecule has 0 amide bonds. The summed E-state index contributed by atoms with van der Waals surface area (Å²) in [5.41, 5.74) is 1.30. The van der Waals surface area contributed by atoms with Crippen molar-refractivity contribution >= 4 is 11.9 Å². The van der Waals surface area contributed by atoms with Crippen LogP contribution in [0.5, 0.6) is 0 Å². The highest BCUT2D eigenvalue weighted by atomic mass is 16.6. The summed E-state index contributed by atoms with van der Waals surface area (Å²) in [4.78, 5) is 23.3. The molecule has 0 aromatic carbocycles. The molecule has 0 radical (unpaired) electrons. The monoisotopic (exact) mass is 266 g/mol. The molecule has 0 atom stereocenters. The van der Waals surface area contributed by atoms with Crippen molar-refractivity contribution in [3.8, 4) is 0 Å². The molecule has 0 N–H and O–H groups in total. The third-order valence-electron chi connectivity index (χ3n) is 3.60. The molecule has 19 heavy (non-hydrogen) atoms. The molecular weight excluding hydrogens is 240 g/mol. The number of hydrogen-bond acceptors (Lipinski definition) is 3. The van der Waals surface area contributed by atoms with Crippen molar-refractivity contribution in [3.05, 3.63) is 11.1 Å². The normalized spacial score (nSPS) is 15.3. The van der Waals surface area contributed by atoms with E-state index in [-0.39, 0.29) is 0 Å². The molecule has 0 saturated heterocycles. The second-order valence-electron chi connectivity index (χ2n) is 5.26. The third-order valence-corrected chi connectivity index (χ3v) is 3.60. The summed E-state index contributed by atoms with van der Waals surface area (Å²) >= 11 is 0. The van der Waals surface area contributed by atoms with Crippen LogP contribution in [0.15, 0.2) is 11.1 Å². The SMILES string of the molecule is CCCCCCC1=C(CCCCCC)C(=O)OC1=O.